The quantitative estimate of drug-likeness (QED) is 0.664. The molecule has 3 aromatic rings. The second-order valence-corrected chi connectivity index (χ2v) is 9.13. The predicted octanol–water partition coefficient (Wildman–Crippen LogP) is 2.94. The van der Waals surface area contributed by atoms with Crippen molar-refractivity contribution >= 4 is 22.8 Å². The topological polar surface area (TPSA) is 99.5 Å². The zero-order chi connectivity index (χ0) is 23.3. The van der Waals surface area contributed by atoms with Crippen molar-refractivity contribution in [3.8, 4) is 0 Å². The highest BCUT2D eigenvalue weighted by atomic mass is 16.3. The molecule has 8 heteroatoms. The Kier molecular flexibility index (Phi) is 5.31. The van der Waals surface area contributed by atoms with Gasteiger partial charge in [0, 0.05) is 36.5 Å². The number of hydrogen-bond acceptors (Lipinski definition) is 5. The minimum atomic E-state index is -0.273. The molecule has 1 atom stereocenters. The Labute approximate surface area is 191 Å². The van der Waals surface area contributed by atoms with Gasteiger partial charge in [-0.1, -0.05) is 12.1 Å². The number of fused-ring (bicyclic) bond motifs is 2. The third kappa shape index (κ3) is 3.73. The molecule has 4 heterocycles. The summed E-state index contributed by atoms with van der Waals surface area (Å²) in [5.74, 6) is 0.474. The average molecular weight is 449 g/mol. The van der Waals surface area contributed by atoms with Crippen LogP contribution in [0.15, 0.2) is 27.6 Å². The lowest BCUT2D eigenvalue weighted by Gasteiger charge is -2.28. The number of nitrogens with one attached hydrogen (secondary N) is 1. The molecule has 172 valence electrons. The van der Waals surface area contributed by atoms with E-state index in [1.54, 1.807) is 11.2 Å². The molecule has 2 aromatic heterocycles. The average Bonchev–Trinajstić information content (AvgIpc) is 3.43. The molecule has 2 aliphatic heterocycles. The minimum Gasteiger partial charge on any atom is -0.464 e. The zero-order valence-electron chi connectivity index (χ0n) is 19.2. The molecule has 0 bridgehead atoms. The fraction of sp³-hybridized carbons (Fsp3) is 0.440. The first-order valence-corrected chi connectivity index (χ1v) is 11.5. The van der Waals surface area contributed by atoms with Gasteiger partial charge in [-0.15, -0.1) is 0 Å². The van der Waals surface area contributed by atoms with Gasteiger partial charge in [-0.05, 0) is 44.2 Å². The summed E-state index contributed by atoms with van der Waals surface area (Å²) in [4.78, 5) is 49.0. The van der Waals surface area contributed by atoms with Gasteiger partial charge < -0.3 is 19.2 Å². The van der Waals surface area contributed by atoms with Crippen LogP contribution in [0.3, 0.4) is 0 Å². The van der Waals surface area contributed by atoms with Crippen molar-refractivity contribution in [3.63, 3.8) is 0 Å². The summed E-state index contributed by atoms with van der Waals surface area (Å²) in [6.07, 6.45) is 4.00. The van der Waals surface area contributed by atoms with Gasteiger partial charge in [-0.3, -0.25) is 14.4 Å². The molecule has 1 aromatic carbocycles. The lowest BCUT2D eigenvalue weighted by Crippen LogP contribution is -2.39. The van der Waals surface area contributed by atoms with E-state index in [1.165, 1.54) is 6.92 Å². The Balaban J connectivity index is 1.41. The summed E-state index contributed by atoms with van der Waals surface area (Å²) >= 11 is 0. The number of carbonyl (C=O) groups is 2. The molecule has 0 aliphatic carbocycles. The molecule has 2 aliphatic rings. The fourth-order valence-corrected chi connectivity index (χ4v) is 5.02. The van der Waals surface area contributed by atoms with Crippen LogP contribution in [-0.4, -0.2) is 44.7 Å². The first kappa shape index (κ1) is 21.4. The van der Waals surface area contributed by atoms with E-state index in [2.05, 4.69) is 4.98 Å². The van der Waals surface area contributed by atoms with Crippen molar-refractivity contribution in [2.75, 3.05) is 13.1 Å². The van der Waals surface area contributed by atoms with Gasteiger partial charge in [0.1, 0.15) is 11.4 Å². The molecule has 0 saturated carbocycles. The number of rotatable bonds is 3. The van der Waals surface area contributed by atoms with Crippen LogP contribution in [0.4, 0.5) is 0 Å². The molecular formula is C25H28N4O4. The maximum absolute atomic E-state index is 13.3. The van der Waals surface area contributed by atoms with Crippen LogP contribution < -0.4 is 5.56 Å². The highest BCUT2D eigenvalue weighted by Crippen LogP contribution is 2.32. The smallest absolute Gasteiger partial charge is 0.254 e. The third-order valence-electron chi connectivity index (χ3n) is 7.11. The molecule has 1 saturated heterocycles. The number of aromatic nitrogens is 2. The maximum Gasteiger partial charge on any atom is 0.254 e. The number of furan rings is 1. The second-order valence-electron chi connectivity index (χ2n) is 9.13. The lowest BCUT2D eigenvalue weighted by atomic mass is 10.0. The van der Waals surface area contributed by atoms with Crippen LogP contribution in [0, 0.1) is 13.8 Å². The Morgan fingerprint density at radius 2 is 2.06 bits per heavy atom. The van der Waals surface area contributed by atoms with Crippen LogP contribution in [0.25, 0.3) is 11.0 Å². The van der Waals surface area contributed by atoms with Crippen LogP contribution in [0.1, 0.15) is 59.6 Å². The number of likely N-dealkylation sites (tertiary alicyclic amines) is 1. The molecule has 0 spiro atoms. The van der Waals surface area contributed by atoms with Crippen LogP contribution in [0.5, 0.6) is 0 Å². The number of H-pyrrole nitrogens is 1. The standard InChI is InChI=1S/C25H28N4O4/c1-14-6-7-18-17(13-33-23(18)15(14)2)11-22(31)29-9-4-5-21(29)24-26-20-12-28(16(3)30)10-8-19(20)25(32)27-24/h6-7,13,21H,4-5,8-12H2,1-3H3,(H,26,27,32)/t21-/m1/s1. The molecular weight excluding hydrogens is 420 g/mol. The van der Waals surface area contributed by atoms with Gasteiger partial charge in [0.25, 0.3) is 5.56 Å². The van der Waals surface area contributed by atoms with Gasteiger partial charge in [0.15, 0.2) is 0 Å². The van der Waals surface area contributed by atoms with E-state index in [9.17, 15) is 14.4 Å². The minimum absolute atomic E-state index is 0.0100. The van der Waals surface area contributed by atoms with E-state index < -0.39 is 0 Å². The van der Waals surface area contributed by atoms with E-state index >= 15 is 0 Å². The highest BCUT2D eigenvalue weighted by Gasteiger charge is 2.33. The number of nitrogens with zero attached hydrogens (tertiary/aromatic N) is 3. The molecule has 33 heavy (non-hydrogen) atoms. The van der Waals surface area contributed by atoms with Crippen molar-refractivity contribution in [2.45, 2.75) is 59.0 Å². The van der Waals surface area contributed by atoms with Crippen molar-refractivity contribution in [3.05, 3.63) is 62.5 Å². The fourth-order valence-electron chi connectivity index (χ4n) is 5.02. The number of aromatic amines is 1. The molecule has 8 nitrogen and oxygen atoms in total. The van der Waals surface area contributed by atoms with Gasteiger partial charge >= 0.3 is 0 Å². The van der Waals surface area contributed by atoms with Crippen molar-refractivity contribution in [2.24, 2.45) is 0 Å². The molecule has 0 unspecified atom stereocenters. The SMILES string of the molecule is CC(=O)N1CCc2c(nc([C@H]3CCCN3C(=O)Cc3coc4c(C)c(C)ccc34)[nH]c2=O)C1. The second kappa shape index (κ2) is 8.17. The number of carbonyl (C=O) groups excluding carboxylic acids is 2. The first-order chi connectivity index (χ1) is 15.8. The van der Waals surface area contributed by atoms with E-state index in [-0.39, 0.29) is 29.8 Å². The number of amides is 2. The van der Waals surface area contributed by atoms with Crippen LogP contribution in [-0.2, 0) is 29.0 Å². The largest absolute Gasteiger partial charge is 0.464 e. The molecule has 5 rings (SSSR count). The van der Waals surface area contributed by atoms with Crippen LogP contribution >= 0.6 is 0 Å². The van der Waals surface area contributed by atoms with E-state index in [0.717, 1.165) is 40.5 Å². The maximum atomic E-state index is 13.3. The van der Waals surface area contributed by atoms with E-state index in [0.29, 0.717) is 43.1 Å². The third-order valence-corrected chi connectivity index (χ3v) is 7.11. The Morgan fingerprint density at radius 1 is 1.24 bits per heavy atom. The van der Waals surface area contributed by atoms with Gasteiger partial charge in [0.05, 0.1) is 31.0 Å². The molecule has 1 fully saturated rings. The molecule has 2 amide bonds. The van der Waals surface area contributed by atoms with Gasteiger partial charge in [-0.2, -0.15) is 0 Å². The summed E-state index contributed by atoms with van der Waals surface area (Å²) in [6.45, 7) is 7.07. The first-order valence-electron chi connectivity index (χ1n) is 11.5. The van der Waals surface area contributed by atoms with E-state index in [4.69, 9.17) is 9.40 Å². The van der Waals surface area contributed by atoms with Gasteiger partial charge in [-0.25, -0.2) is 4.98 Å². The summed E-state index contributed by atoms with van der Waals surface area (Å²) in [6, 6.07) is 3.78. The normalized spacial score (nSPS) is 18.1. The predicted molar refractivity (Wildman–Crippen MR) is 123 cm³/mol. The summed E-state index contributed by atoms with van der Waals surface area (Å²) in [5.41, 5.74) is 5.05. The summed E-state index contributed by atoms with van der Waals surface area (Å²) in [7, 11) is 0. The zero-order valence-corrected chi connectivity index (χ0v) is 19.2. The number of benzene rings is 1. The Bertz CT molecular complexity index is 1320. The Hall–Kier alpha value is -3.42. The van der Waals surface area contributed by atoms with Crippen molar-refractivity contribution < 1.29 is 14.0 Å². The Morgan fingerprint density at radius 3 is 2.85 bits per heavy atom. The molecule has 1 N–H and O–H groups in total. The summed E-state index contributed by atoms with van der Waals surface area (Å²) in [5, 5.41) is 0.965. The van der Waals surface area contributed by atoms with Crippen molar-refractivity contribution in [1.82, 2.24) is 19.8 Å². The van der Waals surface area contributed by atoms with Crippen LogP contribution in [0.2, 0.25) is 0 Å². The van der Waals surface area contributed by atoms with Crippen molar-refractivity contribution in [1.29, 1.82) is 0 Å². The monoisotopic (exact) mass is 448 g/mol. The van der Waals surface area contributed by atoms with E-state index in [1.807, 2.05) is 30.9 Å². The number of aryl methyl sites for hydroxylation is 2. The highest BCUT2D eigenvalue weighted by molar-refractivity contribution is 5.89. The summed E-state index contributed by atoms with van der Waals surface area (Å²) < 4.78 is 5.78. The number of hydrogen-bond donors (Lipinski definition) is 1. The van der Waals surface area contributed by atoms with Gasteiger partial charge in [0.2, 0.25) is 11.8 Å². The lowest BCUT2D eigenvalue weighted by molar-refractivity contribution is -0.131. The molecule has 0 radical (unpaired) electrons.